The molecule has 0 aromatic heterocycles. The van der Waals surface area contributed by atoms with E-state index in [-0.39, 0.29) is 11.2 Å². The molecular weight excluding hydrogens is 260 g/mol. The second kappa shape index (κ2) is 6.19. The number of carbonyl (C=O) groups is 1. The smallest absolute Gasteiger partial charge is 0.235 e. The van der Waals surface area contributed by atoms with Gasteiger partial charge >= 0.3 is 0 Å². The molecule has 0 spiro atoms. The Morgan fingerprint density at radius 1 is 1.21 bits per heavy atom. The van der Waals surface area contributed by atoms with E-state index < -0.39 is 0 Å². The minimum atomic E-state index is -0.215. The molecule has 1 saturated heterocycles. The fraction of sp³-hybridized carbons (Fsp3) is 0.500. The van der Waals surface area contributed by atoms with Crippen LogP contribution in [0.3, 0.4) is 0 Å². The van der Waals surface area contributed by atoms with E-state index in [0.29, 0.717) is 0 Å². The molecule has 0 aliphatic carbocycles. The van der Waals surface area contributed by atoms with Crippen molar-refractivity contribution in [1.82, 2.24) is 4.90 Å². The van der Waals surface area contributed by atoms with Crippen LogP contribution in [-0.4, -0.2) is 49.3 Å². The third-order valence-corrected chi connectivity index (χ3v) is 3.61. The lowest BCUT2D eigenvalue weighted by Crippen LogP contribution is -2.50. The fourth-order valence-corrected chi connectivity index (χ4v) is 2.41. The molecule has 0 bridgehead atoms. The first-order valence-electron chi connectivity index (χ1n) is 6.47. The highest BCUT2D eigenvalue weighted by atomic mass is 32.1. The largest absolute Gasteiger partial charge is 0.497 e. The number of carbonyl (C=O) groups excluding carboxylic acids is 1. The van der Waals surface area contributed by atoms with Gasteiger partial charge in [0, 0.05) is 31.9 Å². The molecule has 1 aliphatic rings. The predicted octanol–water partition coefficient (Wildman–Crippen LogP) is 1.66. The zero-order valence-corrected chi connectivity index (χ0v) is 12.3. The summed E-state index contributed by atoms with van der Waals surface area (Å²) in [7, 11) is 1.66. The number of anilines is 1. The van der Waals surface area contributed by atoms with Crippen molar-refractivity contribution in [2.24, 2.45) is 0 Å². The molecule has 0 saturated carbocycles. The van der Waals surface area contributed by atoms with E-state index in [0.717, 1.165) is 31.9 Å². The fourth-order valence-electron chi connectivity index (χ4n) is 2.24. The molecule has 5 heteroatoms. The van der Waals surface area contributed by atoms with Gasteiger partial charge in [0.15, 0.2) is 0 Å². The number of hydrogen-bond donors (Lipinski definition) is 1. The van der Waals surface area contributed by atoms with Gasteiger partial charge in [0.2, 0.25) is 5.91 Å². The van der Waals surface area contributed by atoms with Crippen LogP contribution in [0.2, 0.25) is 0 Å². The van der Waals surface area contributed by atoms with Crippen molar-refractivity contribution in [3.05, 3.63) is 24.3 Å². The van der Waals surface area contributed by atoms with Crippen LogP contribution in [0, 0.1) is 0 Å². The van der Waals surface area contributed by atoms with Gasteiger partial charge < -0.3 is 14.5 Å². The van der Waals surface area contributed by atoms with Gasteiger partial charge in [-0.1, -0.05) is 0 Å². The molecule has 0 N–H and O–H groups in total. The van der Waals surface area contributed by atoms with E-state index in [4.69, 9.17) is 4.74 Å². The Morgan fingerprint density at radius 3 is 2.26 bits per heavy atom. The number of amides is 1. The minimum Gasteiger partial charge on any atom is -0.497 e. The first kappa shape index (κ1) is 14.1. The number of nitrogens with zero attached hydrogens (tertiary/aromatic N) is 2. The van der Waals surface area contributed by atoms with Gasteiger partial charge in [-0.15, -0.1) is 0 Å². The lowest BCUT2D eigenvalue weighted by Gasteiger charge is -2.36. The third-order valence-electron chi connectivity index (χ3n) is 3.39. The number of thiol groups is 1. The SMILES string of the molecule is COc1ccc(N2CCN(C(=O)C(C)S)CC2)cc1. The second-order valence-electron chi connectivity index (χ2n) is 4.69. The highest BCUT2D eigenvalue weighted by Crippen LogP contribution is 2.20. The maximum absolute atomic E-state index is 11.8. The Labute approximate surface area is 119 Å². The summed E-state index contributed by atoms with van der Waals surface area (Å²) in [5.41, 5.74) is 1.17. The molecular formula is C14H20N2O2S. The topological polar surface area (TPSA) is 32.8 Å². The molecule has 4 nitrogen and oxygen atoms in total. The average molecular weight is 280 g/mol. The quantitative estimate of drug-likeness (QED) is 0.855. The molecule has 1 heterocycles. The number of ether oxygens (including phenoxy) is 1. The predicted molar refractivity (Wildman–Crippen MR) is 80.2 cm³/mol. The molecule has 1 aliphatic heterocycles. The van der Waals surface area contributed by atoms with Crippen LogP contribution in [-0.2, 0) is 4.79 Å². The maximum atomic E-state index is 11.8. The molecule has 1 aromatic carbocycles. The van der Waals surface area contributed by atoms with Gasteiger partial charge in [-0.05, 0) is 31.2 Å². The molecule has 1 aromatic rings. The molecule has 1 atom stereocenters. The van der Waals surface area contributed by atoms with E-state index in [9.17, 15) is 4.79 Å². The standard InChI is InChI=1S/C14H20N2O2S/c1-11(19)14(17)16-9-7-15(8-10-16)12-3-5-13(18-2)6-4-12/h3-6,11,19H,7-10H2,1-2H3. The van der Waals surface area contributed by atoms with Crippen molar-refractivity contribution in [2.45, 2.75) is 12.2 Å². The van der Waals surface area contributed by atoms with Crippen LogP contribution in [0.4, 0.5) is 5.69 Å². The van der Waals surface area contributed by atoms with Crippen LogP contribution in [0.25, 0.3) is 0 Å². The Balaban J connectivity index is 1.94. The lowest BCUT2D eigenvalue weighted by atomic mass is 10.2. The summed E-state index contributed by atoms with van der Waals surface area (Å²) in [5, 5.41) is -0.215. The molecule has 0 radical (unpaired) electrons. The minimum absolute atomic E-state index is 0.123. The zero-order valence-electron chi connectivity index (χ0n) is 11.4. The maximum Gasteiger partial charge on any atom is 0.235 e. The van der Waals surface area contributed by atoms with Crippen LogP contribution in [0.1, 0.15) is 6.92 Å². The Hall–Kier alpha value is -1.36. The highest BCUT2D eigenvalue weighted by molar-refractivity contribution is 7.81. The summed E-state index contributed by atoms with van der Waals surface area (Å²) in [6.07, 6.45) is 0. The second-order valence-corrected chi connectivity index (χ2v) is 5.46. The Kier molecular flexibility index (Phi) is 4.58. The number of methoxy groups -OCH3 is 1. The Bertz CT molecular complexity index is 426. The van der Waals surface area contributed by atoms with Gasteiger partial charge in [-0.2, -0.15) is 12.6 Å². The summed E-state index contributed by atoms with van der Waals surface area (Å²) < 4.78 is 5.15. The summed E-state index contributed by atoms with van der Waals surface area (Å²) >= 11 is 4.20. The van der Waals surface area contributed by atoms with Gasteiger partial charge in [0.1, 0.15) is 5.75 Å². The number of hydrogen-bond acceptors (Lipinski definition) is 4. The van der Waals surface area contributed by atoms with E-state index in [1.807, 2.05) is 24.0 Å². The molecule has 104 valence electrons. The Morgan fingerprint density at radius 2 is 1.79 bits per heavy atom. The average Bonchev–Trinajstić information content (AvgIpc) is 2.46. The van der Waals surface area contributed by atoms with Crippen LogP contribution in [0.15, 0.2) is 24.3 Å². The number of benzene rings is 1. The highest BCUT2D eigenvalue weighted by Gasteiger charge is 2.23. The van der Waals surface area contributed by atoms with Crippen molar-refractivity contribution in [3.8, 4) is 5.75 Å². The van der Waals surface area contributed by atoms with Gasteiger partial charge in [-0.25, -0.2) is 0 Å². The molecule has 2 rings (SSSR count). The summed E-state index contributed by atoms with van der Waals surface area (Å²) in [4.78, 5) is 16.0. The zero-order chi connectivity index (χ0) is 13.8. The van der Waals surface area contributed by atoms with Crippen molar-refractivity contribution < 1.29 is 9.53 Å². The number of rotatable bonds is 3. The van der Waals surface area contributed by atoms with E-state index in [2.05, 4.69) is 29.7 Å². The van der Waals surface area contributed by atoms with Crippen LogP contribution in [0.5, 0.6) is 5.75 Å². The van der Waals surface area contributed by atoms with Crippen molar-refractivity contribution >= 4 is 24.2 Å². The van der Waals surface area contributed by atoms with E-state index in [1.165, 1.54) is 5.69 Å². The number of piperazine rings is 1. The normalized spacial score (nSPS) is 17.2. The third kappa shape index (κ3) is 3.35. The molecule has 1 fully saturated rings. The van der Waals surface area contributed by atoms with E-state index >= 15 is 0 Å². The van der Waals surface area contributed by atoms with Crippen molar-refractivity contribution in [1.29, 1.82) is 0 Å². The van der Waals surface area contributed by atoms with Crippen molar-refractivity contribution in [3.63, 3.8) is 0 Å². The van der Waals surface area contributed by atoms with Crippen molar-refractivity contribution in [2.75, 3.05) is 38.2 Å². The first-order chi connectivity index (χ1) is 9.11. The lowest BCUT2D eigenvalue weighted by molar-refractivity contribution is -0.130. The molecule has 1 unspecified atom stereocenters. The van der Waals surface area contributed by atoms with Gasteiger partial charge in [0.05, 0.1) is 12.4 Å². The summed E-state index contributed by atoms with van der Waals surface area (Å²) in [6, 6.07) is 8.03. The molecule has 19 heavy (non-hydrogen) atoms. The monoisotopic (exact) mass is 280 g/mol. The van der Waals surface area contributed by atoms with Gasteiger partial charge in [-0.3, -0.25) is 4.79 Å². The van der Waals surface area contributed by atoms with Crippen LogP contribution >= 0.6 is 12.6 Å². The summed E-state index contributed by atoms with van der Waals surface area (Å²) in [5.74, 6) is 0.985. The van der Waals surface area contributed by atoms with Crippen LogP contribution < -0.4 is 9.64 Å². The summed E-state index contributed by atoms with van der Waals surface area (Å²) in [6.45, 7) is 5.06. The first-order valence-corrected chi connectivity index (χ1v) is 6.99. The molecule has 1 amide bonds. The van der Waals surface area contributed by atoms with Gasteiger partial charge in [0.25, 0.3) is 0 Å². The van der Waals surface area contributed by atoms with E-state index in [1.54, 1.807) is 7.11 Å².